The molecular formula is C31H35N5O3S. The van der Waals surface area contributed by atoms with Crippen molar-refractivity contribution in [3.05, 3.63) is 72.1 Å². The normalized spacial score (nSPS) is 17.9. The zero-order chi connectivity index (χ0) is 27.5. The topological polar surface area (TPSA) is 106 Å². The summed E-state index contributed by atoms with van der Waals surface area (Å²) in [6, 6.07) is 15.7. The minimum atomic E-state index is -3.20. The summed E-state index contributed by atoms with van der Waals surface area (Å²) in [5, 5.41) is 8.59. The highest BCUT2D eigenvalue weighted by Gasteiger charge is 2.25. The van der Waals surface area contributed by atoms with Gasteiger partial charge in [-0.05, 0) is 79.8 Å². The Morgan fingerprint density at radius 3 is 2.67 bits per heavy atom. The van der Waals surface area contributed by atoms with Crippen molar-refractivity contribution in [2.45, 2.75) is 50.8 Å². The lowest BCUT2D eigenvalue weighted by Crippen LogP contribution is -2.38. The van der Waals surface area contributed by atoms with Gasteiger partial charge in [0.2, 0.25) is 11.8 Å². The molecule has 1 saturated heterocycles. The third-order valence-corrected chi connectivity index (χ3v) is 9.65. The Labute approximate surface area is 235 Å². The van der Waals surface area contributed by atoms with Crippen LogP contribution < -0.4 is 15.4 Å². The van der Waals surface area contributed by atoms with Crippen molar-refractivity contribution in [1.29, 1.82) is 0 Å². The number of piperidine rings is 1. The molecule has 0 spiro atoms. The van der Waals surface area contributed by atoms with Crippen LogP contribution in [0.4, 0.5) is 5.95 Å². The molecule has 1 aliphatic carbocycles. The van der Waals surface area contributed by atoms with Crippen LogP contribution in [0.25, 0.3) is 22.0 Å². The van der Waals surface area contributed by atoms with Gasteiger partial charge >= 0.3 is 0 Å². The Bertz CT molecular complexity index is 1610. The maximum atomic E-state index is 13.0. The number of aryl methyl sites for hydroxylation is 1. The van der Waals surface area contributed by atoms with Crippen LogP contribution in [0.15, 0.2) is 60.9 Å². The smallest absolute Gasteiger partial charge is 0.228 e. The summed E-state index contributed by atoms with van der Waals surface area (Å²) < 4.78 is 32.5. The van der Waals surface area contributed by atoms with Crippen LogP contribution in [0.2, 0.25) is 0 Å². The van der Waals surface area contributed by atoms with E-state index in [1.165, 1.54) is 0 Å². The first kappa shape index (κ1) is 26.7. The maximum Gasteiger partial charge on any atom is 0.228 e. The van der Waals surface area contributed by atoms with Gasteiger partial charge in [0, 0.05) is 30.4 Å². The number of fused-ring (bicyclic) bond motifs is 1. The molecule has 2 aromatic carbocycles. The lowest BCUT2D eigenvalue weighted by Gasteiger charge is -2.25. The van der Waals surface area contributed by atoms with Crippen LogP contribution in [0, 0.1) is 12.8 Å². The van der Waals surface area contributed by atoms with Crippen molar-refractivity contribution in [2.75, 3.05) is 24.2 Å². The van der Waals surface area contributed by atoms with Gasteiger partial charge in [-0.15, -0.1) is 0 Å². The Morgan fingerprint density at radius 1 is 0.975 bits per heavy atom. The van der Waals surface area contributed by atoms with Crippen molar-refractivity contribution in [3.8, 4) is 22.9 Å². The fourth-order valence-corrected chi connectivity index (χ4v) is 7.47. The fraction of sp³-hybridized carbons (Fsp3) is 0.387. The zero-order valence-corrected chi connectivity index (χ0v) is 23.6. The number of benzene rings is 2. The molecule has 8 nitrogen and oxygen atoms in total. The molecule has 1 atom stereocenters. The van der Waals surface area contributed by atoms with Crippen molar-refractivity contribution in [1.82, 2.24) is 20.3 Å². The number of pyridine rings is 1. The molecule has 1 aliphatic heterocycles. The number of hydrogen-bond donors (Lipinski definition) is 2. The molecule has 2 fully saturated rings. The Kier molecular flexibility index (Phi) is 7.67. The van der Waals surface area contributed by atoms with E-state index < -0.39 is 9.84 Å². The molecule has 2 N–H and O–H groups in total. The van der Waals surface area contributed by atoms with Crippen molar-refractivity contribution in [2.24, 2.45) is 5.92 Å². The first-order valence-electron chi connectivity index (χ1n) is 14.1. The lowest BCUT2D eigenvalue weighted by molar-refractivity contribution is 0.347. The van der Waals surface area contributed by atoms with Crippen LogP contribution >= 0.6 is 0 Å². The third kappa shape index (κ3) is 5.95. The molecule has 0 unspecified atom stereocenters. The second-order valence-corrected chi connectivity index (χ2v) is 13.1. The van der Waals surface area contributed by atoms with Gasteiger partial charge in [0.1, 0.15) is 5.75 Å². The van der Waals surface area contributed by atoms with Gasteiger partial charge in [-0.3, -0.25) is 0 Å². The molecule has 4 aromatic rings. The van der Waals surface area contributed by atoms with Crippen LogP contribution in [-0.2, 0) is 15.6 Å². The van der Waals surface area contributed by atoms with Gasteiger partial charge in [-0.1, -0.05) is 36.8 Å². The number of sulfone groups is 1. The minimum Gasteiger partial charge on any atom is -0.437 e. The molecule has 3 heterocycles. The number of rotatable bonds is 9. The second kappa shape index (κ2) is 11.5. The van der Waals surface area contributed by atoms with Gasteiger partial charge in [0.25, 0.3) is 0 Å². The number of nitrogens with zero attached hydrogens (tertiary/aromatic N) is 3. The monoisotopic (exact) mass is 557 g/mol. The number of anilines is 1. The standard InChI is InChI=1S/C31H35N5O3S/c1-21-12-13-25-23(20-40(37,38)19-22-6-2-7-22)8-3-10-26(25)29(21)39-30-27(11-5-16-33-30)28-14-17-34-31(36-28)35-24-9-4-15-32-18-24/h3,5,8,10-14,16-17,22,24,32H,2,4,6-7,9,15,18-20H2,1H3,(H,34,35,36)/t24-/m0/s1. The molecule has 2 aromatic heterocycles. The summed E-state index contributed by atoms with van der Waals surface area (Å²) >= 11 is 0. The van der Waals surface area contributed by atoms with E-state index in [1.54, 1.807) is 12.4 Å². The van der Waals surface area contributed by atoms with Crippen molar-refractivity contribution < 1.29 is 13.2 Å². The molecular weight excluding hydrogens is 522 g/mol. The first-order valence-corrected chi connectivity index (χ1v) is 15.9. The van der Waals surface area contributed by atoms with E-state index in [0.717, 1.165) is 72.7 Å². The highest BCUT2D eigenvalue weighted by atomic mass is 32.2. The summed E-state index contributed by atoms with van der Waals surface area (Å²) in [5.74, 6) is 2.28. The second-order valence-electron chi connectivity index (χ2n) is 11.0. The summed E-state index contributed by atoms with van der Waals surface area (Å²) in [6.07, 6.45) is 8.81. The SMILES string of the molecule is Cc1ccc2c(CS(=O)(=O)CC3CCC3)cccc2c1Oc1ncccc1-c1ccnc(N[C@H]2CCCNC2)n1. The Morgan fingerprint density at radius 2 is 1.88 bits per heavy atom. The number of hydrogen-bond acceptors (Lipinski definition) is 8. The maximum absolute atomic E-state index is 13.0. The van der Waals surface area contributed by atoms with Gasteiger partial charge in [-0.25, -0.2) is 23.4 Å². The average molecular weight is 558 g/mol. The first-order chi connectivity index (χ1) is 19.4. The number of nitrogens with one attached hydrogen (secondary N) is 2. The Hall–Kier alpha value is -3.56. The van der Waals surface area contributed by atoms with E-state index in [-0.39, 0.29) is 11.5 Å². The molecule has 6 rings (SSSR count). The van der Waals surface area contributed by atoms with Crippen molar-refractivity contribution >= 4 is 26.6 Å². The predicted molar refractivity (Wildman–Crippen MR) is 158 cm³/mol. The van der Waals surface area contributed by atoms with Crippen molar-refractivity contribution in [3.63, 3.8) is 0 Å². The molecule has 2 aliphatic rings. The van der Waals surface area contributed by atoms with E-state index in [1.807, 2.05) is 55.5 Å². The van der Waals surface area contributed by atoms with E-state index in [0.29, 0.717) is 35.2 Å². The molecule has 40 heavy (non-hydrogen) atoms. The van der Waals surface area contributed by atoms with Gasteiger partial charge in [0.05, 0.1) is 22.8 Å². The fourth-order valence-electron chi connectivity index (χ4n) is 5.58. The minimum absolute atomic E-state index is 0.0331. The predicted octanol–water partition coefficient (Wildman–Crippen LogP) is 5.67. The average Bonchev–Trinajstić information content (AvgIpc) is 2.93. The summed E-state index contributed by atoms with van der Waals surface area (Å²) in [4.78, 5) is 13.8. The highest BCUT2D eigenvalue weighted by molar-refractivity contribution is 7.90. The third-order valence-electron chi connectivity index (χ3n) is 7.92. The van der Waals surface area contributed by atoms with E-state index in [9.17, 15) is 8.42 Å². The van der Waals surface area contributed by atoms with Crippen LogP contribution in [0.1, 0.15) is 43.2 Å². The van der Waals surface area contributed by atoms with Crippen LogP contribution in [0.3, 0.4) is 0 Å². The van der Waals surface area contributed by atoms with Gasteiger partial charge < -0.3 is 15.4 Å². The molecule has 208 valence electrons. The Balaban J connectivity index is 1.30. The quantitative estimate of drug-likeness (QED) is 0.271. The van der Waals surface area contributed by atoms with Crippen LogP contribution in [-0.4, -0.2) is 48.3 Å². The largest absolute Gasteiger partial charge is 0.437 e. The van der Waals surface area contributed by atoms with E-state index in [4.69, 9.17) is 9.72 Å². The molecule has 0 radical (unpaired) electrons. The molecule has 9 heteroatoms. The number of ether oxygens (including phenoxy) is 1. The van der Waals surface area contributed by atoms with E-state index >= 15 is 0 Å². The molecule has 0 bridgehead atoms. The molecule has 0 amide bonds. The zero-order valence-electron chi connectivity index (χ0n) is 22.8. The lowest BCUT2D eigenvalue weighted by atomic mass is 9.87. The van der Waals surface area contributed by atoms with Gasteiger partial charge in [0.15, 0.2) is 9.84 Å². The summed E-state index contributed by atoms with van der Waals surface area (Å²) in [6.45, 7) is 3.92. The molecule has 1 saturated carbocycles. The summed E-state index contributed by atoms with van der Waals surface area (Å²) in [7, 11) is -3.20. The number of aromatic nitrogens is 3. The van der Waals surface area contributed by atoms with Crippen LogP contribution in [0.5, 0.6) is 11.6 Å². The highest BCUT2D eigenvalue weighted by Crippen LogP contribution is 2.38. The summed E-state index contributed by atoms with van der Waals surface area (Å²) in [5.41, 5.74) is 3.20. The van der Waals surface area contributed by atoms with E-state index in [2.05, 4.69) is 20.6 Å². The van der Waals surface area contributed by atoms with Gasteiger partial charge in [-0.2, -0.15) is 0 Å².